The predicted molar refractivity (Wildman–Crippen MR) is 154 cm³/mol. The first kappa shape index (κ1) is 29.7. The van der Waals surface area contributed by atoms with Gasteiger partial charge in [0.25, 0.3) is 0 Å². The van der Waals surface area contributed by atoms with Crippen LogP contribution in [0.15, 0.2) is 84.9 Å². The van der Waals surface area contributed by atoms with Crippen LogP contribution in [0.1, 0.15) is 31.9 Å². The number of carbonyl (C=O) groups excluding carboxylic acids is 2. The van der Waals surface area contributed by atoms with Crippen LogP contribution in [0, 0.1) is 0 Å². The van der Waals surface area contributed by atoms with E-state index in [9.17, 15) is 18.0 Å². The molecule has 8 nitrogen and oxygen atoms in total. The van der Waals surface area contributed by atoms with Crippen molar-refractivity contribution in [1.29, 1.82) is 0 Å². The molecule has 3 aromatic rings. The maximum absolute atomic E-state index is 14.0. The Balaban J connectivity index is 2.01. The molecule has 3 aromatic carbocycles. The summed E-state index contributed by atoms with van der Waals surface area (Å²) < 4.78 is 32.2. The number of nitrogens with one attached hydrogen (secondary N) is 1. The average molecular weight is 552 g/mol. The molecule has 208 valence electrons. The van der Waals surface area contributed by atoms with Gasteiger partial charge in [0, 0.05) is 19.0 Å². The van der Waals surface area contributed by atoms with Crippen LogP contribution in [0.2, 0.25) is 0 Å². The lowest BCUT2D eigenvalue weighted by molar-refractivity contribution is -0.140. The molecular weight excluding hydrogens is 514 g/mol. The van der Waals surface area contributed by atoms with Gasteiger partial charge in [-0.3, -0.25) is 13.9 Å². The van der Waals surface area contributed by atoms with Gasteiger partial charge >= 0.3 is 0 Å². The van der Waals surface area contributed by atoms with E-state index in [-0.39, 0.29) is 24.9 Å². The topological polar surface area (TPSA) is 96.0 Å². The molecule has 0 saturated heterocycles. The fourth-order valence-electron chi connectivity index (χ4n) is 4.20. The fourth-order valence-corrected chi connectivity index (χ4v) is 5.05. The normalized spacial score (nSPS) is 12.0. The molecular formula is C30H37N3O5S. The van der Waals surface area contributed by atoms with Gasteiger partial charge in [0.15, 0.2) is 0 Å². The molecule has 39 heavy (non-hydrogen) atoms. The van der Waals surface area contributed by atoms with E-state index in [4.69, 9.17) is 4.74 Å². The summed E-state index contributed by atoms with van der Waals surface area (Å²) in [4.78, 5) is 29.0. The lowest BCUT2D eigenvalue weighted by Gasteiger charge is -2.34. The molecule has 0 aliphatic heterocycles. The van der Waals surface area contributed by atoms with Crippen molar-refractivity contribution in [3.63, 3.8) is 0 Å². The fraction of sp³-hybridized carbons (Fsp3) is 0.333. The van der Waals surface area contributed by atoms with Gasteiger partial charge in [-0.1, -0.05) is 60.7 Å². The van der Waals surface area contributed by atoms with Gasteiger partial charge in [-0.2, -0.15) is 0 Å². The van der Waals surface area contributed by atoms with Crippen molar-refractivity contribution >= 4 is 27.5 Å². The summed E-state index contributed by atoms with van der Waals surface area (Å²) in [5, 5.41) is 2.94. The predicted octanol–water partition coefficient (Wildman–Crippen LogP) is 4.02. The van der Waals surface area contributed by atoms with Crippen LogP contribution in [0.5, 0.6) is 5.75 Å². The Bertz CT molecular complexity index is 1310. The Kier molecular flexibility index (Phi) is 10.5. The van der Waals surface area contributed by atoms with Crippen LogP contribution in [-0.4, -0.2) is 56.6 Å². The molecule has 1 atom stereocenters. The van der Waals surface area contributed by atoms with Gasteiger partial charge in [-0.25, -0.2) is 8.42 Å². The number of sulfonamides is 1. The van der Waals surface area contributed by atoms with Crippen molar-refractivity contribution < 1.29 is 22.7 Å². The Morgan fingerprint density at radius 3 is 1.95 bits per heavy atom. The molecule has 0 spiro atoms. The Morgan fingerprint density at radius 1 is 0.872 bits per heavy atom. The zero-order chi connectivity index (χ0) is 28.4. The number of hydrogen-bond acceptors (Lipinski definition) is 5. The van der Waals surface area contributed by atoms with Gasteiger partial charge in [0.1, 0.15) is 18.3 Å². The van der Waals surface area contributed by atoms with E-state index in [1.54, 1.807) is 24.3 Å². The highest BCUT2D eigenvalue weighted by Crippen LogP contribution is 2.23. The van der Waals surface area contributed by atoms with Crippen molar-refractivity contribution in [1.82, 2.24) is 10.2 Å². The van der Waals surface area contributed by atoms with Crippen molar-refractivity contribution in [3.8, 4) is 5.75 Å². The summed E-state index contributed by atoms with van der Waals surface area (Å²) in [6.45, 7) is 5.74. The van der Waals surface area contributed by atoms with E-state index in [1.165, 1.54) is 4.90 Å². The van der Waals surface area contributed by atoms with Crippen LogP contribution < -0.4 is 14.4 Å². The van der Waals surface area contributed by atoms with Gasteiger partial charge < -0.3 is 15.0 Å². The van der Waals surface area contributed by atoms with E-state index >= 15 is 0 Å². The first-order chi connectivity index (χ1) is 18.6. The van der Waals surface area contributed by atoms with E-state index < -0.39 is 28.5 Å². The Morgan fingerprint density at radius 2 is 1.44 bits per heavy atom. The van der Waals surface area contributed by atoms with Gasteiger partial charge in [0.2, 0.25) is 21.8 Å². The summed E-state index contributed by atoms with van der Waals surface area (Å²) in [7, 11) is -3.82. The summed E-state index contributed by atoms with van der Waals surface area (Å²) in [6.07, 6.45) is 1.34. The molecule has 0 bridgehead atoms. The second kappa shape index (κ2) is 13.8. The smallest absolute Gasteiger partial charge is 0.244 e. The molecule has 1 N–H and O–H groups in total. The number of anilines is 1. The van der Waals surface area contributed by atoms with Crippen molar-refractivity contribution in [2.75, 3.05) is 23.7 Å². The lowest BCUT2D eigenvalue weighted by Crippen LogP contribution is -2.54. The molecule has 2 amide bonds. The molecule has 0 heterocycles. The summed E-state index contributed by atoms with van der Waals surface area (Å²) >= 11 is 0. The van der Waals surface area contributed by atoms with Crippen molar-refractivity contribution in [2.24, 2.45) is 0 Å². The third kappa shape index (κ3) is 8.85. The van der Waals surface area contributed by atoms with Crippen molar-refractivity contribution in [3.05, 3.63) is 96.1 Å². The maximum Gasteiger partial charge on any atom is 0.244 e. The number of nitrogens with zero attached hydrogens (tertiary/aromatic N) is 2. The summed E-state index contributed by atoms with van der Waals surface area (Å²) in [5.74, 6) is -0.192. The number of hydrogen-bond donors (Lipinski definition) is 1. The van der Waals surface area contributed by atoms with E-state index in [2.05, 4.69) is 5.32 Å². The number of ether oxygens (including phenoxy) is 1. The quantitative estimate of drug-likeness (QED) is 0.346. The largest absolute Gasteiger partial charge is 0.494 e. The maximum atomic E-state index is 14.0. The highest BCUT2D eigenvalue weighted by molar-refractivity contribution is 7.92. The highest BCUT2D eigenvalue weighted by atomic mass is 32.2. The van der Waals surface area contributed by atoms with Gasteiger partial charge in [0.05, 0.1) is 18.6 Å². The first-order valence-electron chi connectivity index (χ1n) is 13.0. The first-order valence-corrected chi connectivity index (χ1v) is 14.8. The van der Waals surface area contributed by atoms with Gasteiger partial charge in [-0.05, 0) is 56.2 Å². The number of amides is 2. The molecule has 0 aliphatic rings. The van der Waals surface area contributed by atoms with Crippen LogP contribution in [-0.2, 0) is 32.6 Å². The zero-order valence-electron chi connectivity index (χ0n) is 22.9. The second-order valence-corrected chi connectivity index (χ2v) is 11.5. The molecule has 3 rings (SSSR count). The molecule has 0 aromatic heterocycles. The minimum absolute atomic E-state index is 0.138. The Labute approximate surface area is 231 Å². The van der Waals surface area contributed by atoms with Crippen LogP contribution in [0.25, 0.3) is 0 Å². The third-order valence-electron chi connectivity index (χ3n) is 6.01. The van der Waals surface area contributed by atoms with Crippen LogP contribution in [0.4, 0.5) is 5.69 Å². The van der Waals surface area contributed by atoms with E-state index in [1.807, 2.05) is 81.4 Å². The molecule has 0 aliphatic carbocycles. The monoisotopic (exact) mass is 551 g/mol. The Hall–Kier alpha value is -3.85. The SMILES string of the molecule is CCOc1ccc(N(CC(=O)N(Cc2ccccc2)[C@H](Cc2ccccc2)C(=O)NC(C)C)S(C)(=O)=O)cc1. The average Bonchev–Trinajstić information content (AvgIpc) is 2.90. The second-order valence-electron chi connectivity index (χ2n) is 9.57. The number of carbonyl (C=O) groups is 2. The molecule has 0 radical (unpaired) electrons. The third-order valence-corrected chi connectivity index (χ3v) is 7.15. The summed E-state index contributed by atoms with van der Waals surface area (Å²) in [5.41, 5.74) is 2.05. The number of rotatable bonds is 13. The van der Waals surface area contributed by atoms with E-state index in [0.29, 0.717) is 18.0 Å². The highest BCUT2D eigenvalue weighted by Gasteiger charge is 2.33. The van der Waals surface area contributed by atoms with E-state index in [0.717, 1.165) is 21.7 Å². The lowest BCUT2D eigenvalue weighted by atomic mass is 10.0. The van der Waals surface area contributed by atoms with Crippen molar-refractivity contribution in [2.45, 2.75) is 45.8 Å². The molecule has 0 fully saturated rings. The number of benzene rings is 3. The summed E-state index contributed by atoms with van der Waals surface area (Å²) in [6, 6.07) is 24.4. The van der Waals surface area contributed by atoms with Crippen LogP contribution in [0.3, 0.4) is 0 Å². The minimum atomic E-state index is -3.82. The molecule has 0 unspecified atom stereocenters. The zero-order valence-corrected chi connectivity index (χ0v) is 23.7. The van der Waals surface area contributed by atoms with Gasteiger partial charge in [-0.15, -0.1) is 0 Å². The van der Waals surface area contributed by atoms with Crippen LogP contribution >= 0.6 is 0 Å². The molecule has 0 saturated carbocycles. The minimum Gasteiger partial charge on any atom is -0.494 e. The standard InChI is InChI=1S/C30H37N3O5S/c1-5-38-27-18-16-26(17-19-27)33(39(4,36)37)22-29(34)32(21-25-14-10-7-11-15-25)28(30(35)31-23(2)3)20-24-12-8-6-9-13-24/h6-19,23,28H,5,20-22H2,1-4H3,(H,31,35)/t28-/m1/s1. The molecule has 9 heteroatoms.